The number of amides is 1. The van der Waals surface area contributed by atoms with Crippen molar-refractivity contribution < 1.29 is 4.79 Å². The Morgan fingerprint density at radius 1 is 1.14 bits per heavy atom. The zero-order valence-electron chi connectivity index (χ0n) is 16.2. The molecule has 1 atom stereocenters. The highest BCUT2D eigenvalue weighted by atomic mass is 16.1. The van der Waals surface area contributed by atoms with Crippen molar-refractivity contribution in [1.82, 2.24) is 19.9 Å². The van der Waals surface area contributed by atoms with Gasteiger partial charge in [-0.15, -0.1) is 0 Å². The van der Waals surface area contributed by atoms with Crippen molar-refractivity contribution >= 4 is 11.9 Å². The van der Waals surface area contributed by atoms with Gasteiger partial charge in [0.1, 0.15) is 0 Å². The molecule has 29 heavy (non-hydrogen) atoms. The third-order valence-electron chi connectivity index (χ3n) is 5.32. The number of likely N-dealkylation sites (tertiary alicyclic amines) is 1. The molecule has 2 aromatic heterocycles. The summed E-state index contributed by atoms with van der Waals surface area (Å²) in [6.45, 7) is 2.75. The van der Waals surface area contributed by atoms with Crippen LogP contribution >= 0.6 is 0 Å². The Hall–Kier alpha value is -3.32. The lowest BCUT2D eigenvalue weighted by molar-refractivity contribution is 0.100. The number of carbonyl (C=O) groups is 1. The smallest absolute Gasteiger partial charge is 0.248 e. The Labute approximate surface area is 169 Å². The molecule has 3 heterocycles. The van der Waals surface area contributed by atoms with E-state index in [1.54, 1.807) is 18.3 Å². The third-order valence-corrected chi connectivity index (χ3v) is 5.32. The molecule has 7 heteroatoms. The summed E-state index contributed by atoms with van der Waals surface area (Å²) < 4.78 is 0. The summed E-state index contributed by atoms with van der Waals surface area (Å²) in [4.78, 5) is 27.0. The molecule has 1 aromatic carbocycles. The molecule has 0 spiro atoms. The Kier molecular flexibility index (Phi) is 5.48. The van der Waals surface area contributed by atoms with Gasteiger partial charge in [0.15, 0.2) is 0 Å². The van der Waals surface area contributed by atoms with Crippen LogP contribution in [0.1, 0.15) is 40.5 Å². The summed E-state index contributed by atoms with van der Waals surface area (Å²) in [6.07, 6.45) is 5.73. The summed E-state index contributed by atoms with van der Waals surface area (Å²) in [5.41, 5.74) is 15.7. The largest absolute Gasteiger partial charge is 0.368 e. The summed E-state index contributed by atoms with van der Waals surface area (Å²) in [6, 6.07) is 13.2. The standard InChI is InChI=1S/C22H24N6O/c23-21(29)16-8-6-15(7-9-16)19-12-26-22(24)27-20(19)17-4-3-11-28(13-17)14-18-5-1-2-10-25-18/h1-2,5-10,12,17H,3-4,11,13-14H2,(H2,23,29)(H2,24,26,27)/t17-/m1/s1. The van der Waals surface area contributed by atoms with Gasteiger partial charge in [0.05, 0.1) is 11.4 Å². The Bertz CT molecular complexity index is 990. The second-order valence-electron chi connectivity index (χ2n) is 7.36. The average Bonchev–Trinajstić information content (AvgIpc) is 2.75. The number of aromatic nitrogens is 3. The van der Waals surface area contributed by atoms with E-state index in [9.17, 15) is 4.79 Å². The molecule has 0 saturated carbocycles. The average molecular weight is 388 g/mol. The minimum Gasteiger partial charge on any atom is -0.368 e. The molecule has 148 valence electrons. The lowest BCUT2D eigenvalue weighted by Gasteiger charge is -2.33. The fraction of sp³-hybridized carbons (Fsp3) is 0.273. The van der Waals surface area contributed by atoms with Crippen LogP contribution in [0, 0.1) is 0 Å². The van der Waals surface area contributed by atoms with Crippen LogP contribution in [0.25, 0.3) is 11.1 Å². The number of hydrogen-bond donors (Lipinski definition) is 2. The number of rotatable bonds is 5. The van der Waals surface area contributed by atoms with Gasteiger partial charge in [-0.2, -0.15) is 0 Å². The van der Waals surface area contributed by atoms with Crippen molar-refractivity contribution in [2.24, 2.45) is 5.73 Å². The van der Waals surface area contributed by atoms with Gasteiger partial charge in [-0.1, -0.05) is 18.2 Å². The molecule has 0 aliphatic carbocycles. The van der Waals surface area contributed by atoms with Crippen LogP contribution < -0.4 is 11.5 Å². The van der Waals surface area contributed by atoms with Crippen LogP contribution in [0.3, 0.4) is 0 Å². The maximum absolute atomic E-state index is 11.4. The lowest BCUT2D eigenvalue weighted by Crippen LogP contribution is -2.34. The van der Waals surface area contributed by atoms with Gasteiger partial charge >= 0.3 is 0 Å². The van der Waals surface area contributed by atoms with Gasteiger partial charge in [0.25, 0.3) is 0 Å². The highest BCUT2D eigenvalue weighted by molar-refractivity contribution is 5.93. The minimum absolute atomic E-state index is 0.253. The molecule has 1 fully saturated rings. The van der Waals surface area contributed by atoms with E-state index in [-0.39, 0.29) is 11.9 Å². The summed E-state index contributed by atoms with van der Waals surface area (Å²) >= 11 is 0. The second-order valence-corrected chi connectivity index (χ2v) is 7.36. The number of piperidine rings is 1. The fourth-order valence-corrected chi connectivity index (χ4v) is 3.90. The Morgan fingerprint density at radius 3 is 2.69 bits per heavy atom. The van der Waals surface area contributed by atoms with Crippen LogP contribution in [0.4, 0.5) is 5.95 Å². The van der Waals surface area contributed by atoms with Crippen LogP contribution in [0.15, 0.2) is 54.9 Å². The zero-order valence-corrected chi connectivity index (χ0v) is 16.2. The van der Waals surface area contributed by atoms with Crippen LogP contribution in [-0.4, -0.2) is 38.8 Å². The predicted molar refractivity (Wildman–Crippen MR) is 112 cm³/mol. The first-order chi connectivity index (χ1) is 14.1. The first kappa shape index (κ1) is 19.0. The number of hydrogen-bond acceptors (Lipinski definition) is 6. The second kappa shape index (κ2) is 8.36. The minimum atomic E-state index is -0.442. The van der Waals surface area contributed by atoms with E-state index in [1.165, 1.54) is 0 Å². The van der Waals surface area contributed by atoms with Gasteiger partial charge in [-0.3, -0.25) is 14.7 Å². The topological polar surface area (TPSA) is 111 Å². The number of nitrogen functional groups attached to an aromatic ring is 1. The highest BCUT2D eigenvalue weighted by Crippen LogP contribution is 2.33. The molecule has 1 aliphatic heterocycles. The molecule has 1 saturated heterocycles. The van der Waals surface area contributed by atoms with E-state index in [2.05, 4.69) is 25.9 Å². The quantitative estimate of drug-likeness (QED) is 0.695. The maximum Gasteiger partial charge on any atom is 0.248 e. The van der Waals surface area contributed by atoms with Gasteiger partial charge in [-0.05, 0) is 49.2 Å². The number of benzene rings is 1. The molecule has 0 bridgehead atoms. The highest BCUT2D eigenvalue weighted by Gasteiger charge is 2.26. The SMILES string of the molecule is NC(=O)c1ccc(-c2cnc(N)nc2[C@@H]2CCCN(Cc3ccccn3)C2)cc1. The molecule has 7 nitrogen and oxygen atoms in total. The number of pyridine rings is 1. The normalized spacial score (nSPS) is 17.2. The van der Waals surface area contributed by atoms with Crippen molar-refractivity contribution in [2.45, 2.75) is 25.3 Å². The Morgan fingerprint density at radius 2 is 1.97 bits per heavy atom. The number of carbonyl (C=O) groups excluding carboxylic acids is 1. The third kappa shape index (κ3) is 4.41. The molecular weight excluding hydrogens is 364 g/mol. The number of anilines is 1. The van der Waals surface area contributed by atoms with Gasteiger partial charge < -0.3 is 11.5 Å². The molecule has 4 rings (SSSR count). The van der Waals surface area contributed by atoms with E-state index in [0.29, 0.717) is 5.56 Å². The predicted octanol–water partition coefficient (Wildman–Crippen LogP) is 2.60. The van der Waals surface area contributed by atoms with Crippen molar-refractivity contribution in [2.75, 3.05) is 18.8 Å². The molecule has 0 unspecified atom stereocenters. The zero-order chi connectivity index (χ0) is 20.2. The summed E-state index contributed by atoms with van der Waals surface area (Å²) in [5.74, 6) is 0.0886. The van der Waals surface area contributed by atoms with Crippen LogP contribution in [0.5, 0.6) is 0 Å². The summed E-state index contributed by atoms with van der Waals surface area (Å²) in [7, 11) is 0. The number of nitrogens with two attached hydrogens (primary N) is 2. The molecule has 1 amide bonds. The molecule has 4 N–H and O–H groups in total. The van der Waals surface area contributed by atoms with E-state index in [4.69, 9.17) is 11.5 Å². The van der Waals surface area contributed by atoms with E-state index < -0.39 is 5.91 Å². The van der Waals surface area contributed by atoms with Crippen molar-refractivity contribution in [1.29, 1.82) is 0 Å². The van der Waals surface area contributed by atoms with E-state index >= 15 is 0 Å². The van der Waals surface area contributed by atoms with Crippen LogP contribution in [0.2, 0.25) is 0 Å². The maximum atomic E-state index is 11.4. The summed E-state index contributed by atoms with van der Waals surface area (Å²) in [5, 5.41) is 0. The van der Waals surface area contributed by atoms with Crippen LogP contribution in [-0.2, 0) is 6.54 Å². The van der Waals surface area contributed by atoms with Gasteiger partial charge in [0.2, 0.25) is 11.9 Å². The molecule has 0 radical (unpaired) electrons. The lowest BCUT2D eigenvalue weighted by atomic mass is 9.89. The number of nitrogens with zero attached hydrogens (tertiary/aromatic N) is 4. The Balaban J connectivity index is 1.60. The first-order valence-electron chi connectivity index (χ1n) is 9.75. The van der Waals surface area contributed by atoms with Gasteiger partial charge in [-0.25, -0.2) is 9.97 Å². The van der Waals surface area contributed by atoms with Crippen molar-refractivity contribution in [3.63, 3.8) is 0 Å². The van der Waals surface area contributed by atoms with E-state index in [0.717, 1.165) is 55.0 Å². The van der Waals surface area contributed by atoms with Gasteiger partial charge in [0, 0.05) is 42.5 Å². The molecular formula is C22H24N6O. The first-order valence-corrected chi connectivity index (χ1v) is 9.75. The van der Waals surface area contributed by atoms with E-state index in [1.807, 2.05) is 30.5 Å². The number of primary amides is 1. The monoisotopic (exact) mass is 388 g/mol. The fourth-order valence-electron chi connectivity index (χ4n) is 3.90. The van der Waals surface area contributed by atoms with Crippen molar-refractivity contribution in [3.8, 4) is 11.1 Å². The molecule has 1 aliphatic rings. The molecule has 3 aromatic rings. The van der Waals surface area contributed by atoms with Crippen molar-refractivity contribution in [3.05, 3.63) is 71.8 Å².